The van der Waals surface area contributed by atoms with E-state index in [2.05, 4.69) is 0 Å². The van der Waals surface area contributed by atoms with Gasteiger partial charge in [0, 0.05) is 0 Å². The molecule has 0 unspecified atom stereocenters. The molecule has 0 spiro atoms. The molecule has 0 fully saturated rings. The molecular weight excluding hydrogens is 741 g/mol. The fourth-order valence-corrected chi connectivity index (χ4v) is 7.04. The SMILES string of the molecule is C[C@@H]1COc2cccc(OC(=O)c3ccc4cc(OCc5ccccc5)ccc4c3)c2-c2c(OC(=O)c3ccc4cc(OCc5ccccc5)ccc4c3)cccc2O1. The molecule has 0 saturated carbocycles. The van der Waals surface area contributed by atoms with E-state index in [9.17, 15) is 9.59 Å². The minimum Gasteiger partial charge on any atom is -0.489 e. The Morgan fingerprint density at radius 3 is 1.49 bits per heavy atom. The maximum atomic E-state index is 13.9. The van der Waals surface area contributed by atoms with Gasteiger partial charge in [0.05, 0.1) is 22.3 Å². The lowest BCUT2D eigenvalue weighted by Gasteiger charge is -2.26. The van der Waals surface area contributed by atoms with Crippen LogP contribution in [-0.2, 0) is 13.2 Å². The predicted octanol–water partition coefficient (Wildman–Crippen LogP) is 11.4. The van der Waals surface area contributed by atoms with Crippen molar-refractivity contribution in [2.45, 2.75) is 26.2 Å². The van der Waals surface area contributed by atoms with Gasteiger partial charge in [-0.05, 0) is 112 Å². The van der Waals surface area contributed by atoms with Crippen LogP contribution < -0.4 is 28.4 Å². The summed E-state index contributed by atoms with van der Waals surface area (Å²) in [5, 5.41) is 3.54. The normalized spacial score (nSPS) is 13.1. The molecule has 1 atom stereocenters. The van der Waals surface area contributed by atoms with E-state index in [1.165, 1.54) is 0 Å². The Morgan fingerprint density at radius 1 is 0.508 bits per heavy atom. The molecule has 1 heterocycles. The van der Waals surface area contributed by atoms with E-state index in [1.54, 1.807) is 60.7 Å². The predicted molar refractivity (Wildman–Crippen MR) is 227 cm³/mol. The highest BCUT2D eigenvalue weighted by molar-refractivity contribution is 6.00. The van der Waals surface area contributed by atoms with Crippen molar-refractivity contribution < 1.29 is 38.0 Å². The van der Waals surface area contributed by atoms with Gasteiger partial charge in [-0.25, -0.2) is 9.59 Å². The topological polar surface area (TPSA) is 89.5 Å². The second-order valence-corrected chi connectivity index (χ2v) is 14.3. The van der Waals surface area contributed by atoms with Crippen molar-refractivity contribution in [3.8, 4) is 45.6 Å². The number of ether oxygens (including phenoxy) is 6. The van der Waals surface area contributed by atoms with Gasteiger partial charge in [-0.3, -0.25) is 0 Å². The van der Waals surface area contributed by atoms with Gasteiger partial charge in [0.1, 0.15) is 60.4 Å². The molecule has 0 bridgehead atoms. The highest BCUT2D eigenvalue weighted by atomic mass is 16.6. The van der Waals surface area contributed by atoms with Crippen molar-refractivity contribution in [3.63, 3.8) is 0 Å². The zero-order valence-electron chi connectivity index (χ0n) is 32.1. The third-order valence-electron chi connectivity index (χ3n) is 10.0. The summed E-state index contributed by atoms with van der Waals surface area (Å²) >= 11 is 0. The van der Waals surface area contributed by atoms with Crippen LogP contribution in [0.1, 0.15) is 38.8 Å². The number of esters is 2. The summed E-state index contributed by atoms with van der Waals surface area (Å²) in [5.74, 6) is 1.66. The van der Waals surface area contributed by atoms with Crippen molar-refractivity contribution in [2.24, 2.45) is 0 Å². The smallest absolute Gasteiger partial charge is 0.343 e. The molecular formula is C51H38O8. The summed E-state index contributed by atoms with van der Waals surface area (Å²) in [5.41, 5.74) is 3.71. The summed E-state index contributed by atoms with van der Waals surface area (Å²) in [6.45, 7) is 3.03. The first-order valence-corrected chi connectivity index (χ1v) is 19.3. The maximum absolute atomic E-state index is 13.9. The van der Waals surface area contributed by atoms with Crippen LogP contribution in [0.4, 0.5) is 0 Å². The highest BCUT2D eigenvalue weighted by Crippen LogP contribution is 2.49. The zero-order valence-corrected chi connectivity index (χ0v) is 32.1. The van der Waals surface area contributed by atoms with E-state index in [1.807, 2.05) is 116 Å². The Balaban J connectivity index is 0.971. The summed E-state index contributed by atoms with van der Waals surface area (Å²) in [6.07, 6.45) is -0.331. The average Bonchev–Trinajstić information content (AvgIpc) is 3.27. The minimum atomic E-state index is -0.568. The van der Waals surface area contributed by atoms with E-state index in [0.717, 1.165) is 44.2 Å². The van der Waals surface area contributed by atoms with Gasteiger partial charge in [-0.1, -0.05) is 97.1 Å². The summed E-state index contributed by atoms with van der Waals surface area (Å²) in [4.78, 5) is 27.7. The van der Waals surface area contributed by atoms with Crippen LogP contribution in [0, 0.1) is 0 Å². The van der Waals surface area contributed by atoms with Crippen LogP contribution >= 0.6 is 0 Å². The number of fused-ring (bicyclic) bond motifs is 5. The minimum absolute atomic E-state index is 0.218. The molecule has 0 N–H and O–H groups in total. The number of carbonyl (C=O) groups is 2. The fourth-order valence-electron chi connectivity index (χ4n) is 7.04. The van der Waals surface area contributed by atoms with E-state index >= 15 is 0 Å². The van der Waals surface area contributed by atoms with E-state index in [0.29, 0.717) is 47.0 Å². The van der Waals surface area contributed by atoms with Gasteiger partial charge in [0.15, 0.2) is 0 Å². The molecule has 0 radical (unpaired) electrons. The summed E-state index contributed by atoms with van der Waals surface area (Å²) in [7, 11) is 0. The Morgan fingerprint density at radius 2 is 0.966 bits per heavy atom. The Hall–Kier alpha value is -7.58. The number of benzene rings is 8. The van der Waals surface area contributed by atoms with Crippen LogP contribution in [0.15, 0.2) is 170 Å². The van der Waals surface area contributed by atoms with Gasteiger partial charge in [0.25, 0.3) is 0 Å². The van der Waals surface area contributed by atoms with Crippen molar-refractivity contribution in [2.75, 3.05) is 6.61 Å². The molecule has 8 aromatic carbocycles. The Bertz CT molecular complexity index is 2820. The summed E-state index contributed by atoms with van der Waals surface area (Å²) in [6, 6.07) is 52.7. The van der Waals surface area contributed by atoms with Gasteiger partial charge in [-0.2, -0.15) is 0 Å². The molecule has 8 heteroatoms. The van der Waals surface area contributed by atoms with Crippen LogP contribution in [0.2, 0.25) is 0 Å². The summed E-state index contributed by atoms with van der Waals surface area (Å²) < 4.78 is 36.8. The van der Waals surface area contributed by atoms with E-state index in [-0.39, 0.29) is 24.2 Å². The van der Waals surface area contributed by atoms with Gasteiger partial charge >= 0.3 is 11.9 Å². The molecule has 0 aromatic heterocycles. The van der Waals surface area contributed by atoms with Crippen LogP contribution in [0.25, 0.3) is 32.7 Å². The lowest BCUT2D eigenvalue weighted by Crippen LogP contribution is -2.23. The van der Waals surface area contributed by atoms with Gasteiger partial charge in [0.2, 0.25) is 0 Å². The number of rotatable bonds is 10. The number of hydrogen-bond acceptors (Lipinski definition) is 8. The molecule has 0 aliphatic carbocycles. The Labute approximate surface area is 341 Å². The van der Waals surface area contributed by atoms with Crippen molar-refractivity contribution in [1.82, 2.24) is 0 Å². The third-order valence-corrected chi connectivity index (χ3v) is 10.0. The van der Waals surface area contributed by atoms with Crippen molar-refractivity contribution in [3.05, 3.63) is 192 Å². The highest BCUT2D eigenvalue weighted by Gasteiger charge is 2.28. The van der Waals surface area contributed by atoms with Crippen LogP contribution in [-0.4, -0.2) is 24.6 Å². The molecule has 9 rings (SSSR count). The van der Waals surface area contributed by atoms with Crippen molar-refractivity contribution in [1.29, 1.82) is 0 Å². The van der Waals surface area contributed by atoms with Crippen LogP contribution in [0.3, 0.4) is 0 Å². The number of hydrogen-bond donors (Lipinski definition) is 0. The average molecular weight is 779 g/mol. The molecule has 290 valence electrons. The first-order valence-electron chi connectivity index (χ1n) is 19.3. The molecule has 0 amide bonds. The third kappa shape index (κ3) is 8.29. The molecule has 1 aliphatic heterocycles. The monoisotopic (exact) mass is 778 g/mol. The second kappa shape index (κ2) is 16.5. The molecule has 0 saturated heterocycles. The van der Waals surface area contributed by atoms with E-state index < -0.39 is 11.9 Å². The fraction of sp³-hybridized carbons (Fsp3) is 0.0980. The molecule has 8 nitrogen and oxygen atoms in total. The molecule has 8 aromatic rings. The lowest BCUT2D eigenvalue weighted by molar-refractivity contribution is 0.0721. The first kappa shape index (κ1) is 37.0. The maximum Gasteiger partial charge on any atom is 0.343 e. The lowest BCUT2D eigenvalue weighted by atomic mass is 10.00. The first-order chi connectivity index (χ1) is 28.9. The quantitative estimate of drug-likeness (QED) is 0.100. The Kier molecular flexibility index (Phi) is 10.3. The second-order valence-electron chi connectivity index (χ2n) is 14.3. The largest absolute Gasteiger partial charge is 0.489 e. The zero-order chi connectivity index (χ0) is 40.1. The van der Waals surface area contributed by atoms with Crippen LogP contribution in [0.5, 0.6) is 34.5 Å². The standard InChI is InChI=1S/C51H38O8/c1-33-30-56-44-14-8-16-46(58-50(52)40-20-18-38-28-42(24-22-36(38)26-40)54-31-34-10-4-2-5-11-34)48(44)49-45(57-33)15-9-17-47(49)59-51(53)41-21-19-39-29-43(25-23-37(39)27-41)55-32-35-12-6-3-7-13-35/h2-29,33H,30-32H2,1H3/t33-/m1/s1. The van der Waals surface area contributed by atoms with Crippen molar-refractivity contribution >= 4 is 33.5 Å². The van der Waals surface area contributed by atoms with Gasteiger partial charge < -0.3 is 28.4 Å². The van der Waals surface area contributed by atoms with Gasteiger partial charge in [-0.15, -0.1) is 0 Å². The van der Waals surface area contributed by atoms with E-state index in [4.69, 9.17) is 28.4 Å². The molecule has 1 aliphatic rings. The number of carbonyl (C=O) groups excluding carboxylic acids is 2. The molecule has 59 heavy (non-hydrogen) atoms.